The third-order valence-electron chi connectivity index (χ3n) is 4.51. The van der Waals surface area contributed by atoms with Gasteiger partial charge in [-0.25, -0.2) is 4.98 Å². The molecule has 1 aliphatic heterocycles. The molecule has 1 aromatic heterocycles. The maximum atomic E-state index is 12.8. The summed E-state index contributed by atoms with van der Waals surface area (Å²) in [4.78, 5) is 31.3. The highest BCUT2D eigenvalue weighted by Gasteiger charge is 2.35. The van der Waals surface area contributed by atoms with E-state index in [0.717, 1.165) is 15.8 Å². The number of carbonyl (C=O) groups excluding carboxylic acids is 2. The van der Waals surface area contributed by atoms with Crippen molar-refractivity contribution in [2.45, 2.75) is 25.9 Å². The molecule has 0 fully saturated rings. The molecule has 0 spiro atoms. The van der Waals surface area contributed by atoms with E-state index in [9.17, 15) is 9.59 Å². The first-order valence-corrected chi connectivity index (χ1v) is 9.08. The van der Waals surface area contributed by atoms with E-state index in [1.54, 1.807) is 21.7 Å². The second-order valence-electron chi connectivity index (χ2n) is 6.04. The van der Waals surface area contributed by atoms with Crippen molar-refractivity contribution in [3.63, 3.8) is 0 Å². The van der Waals surface area contributed by atoms with E-state index in [2.05, 4.69) is 10.3 Å². The fourth-order valence-corrected chi connectivity index (χ4v) is 3.90. The van der Waals surface area contributed by atoms with E-state index in [1.807, 2.05) is 49.4 Å². The lowest BCUT2D eigenvalue weighted by molar-refractivity contribution is -0.120. The Morgan fingerprint density at radius 1 is 1.32 bits per heavy atom. The molecule has 0 saturated heterocycles. The lowest BCUT2D eigenvalue weighted by atomic mass is 10.1. The molecule has 1 N–H and O–H groups in total. The molecule has 5 nitrogen and oxygen atoms in total. The van der Waals surface area contributed by atoms with Gasteiger partial charge in [0, 0.05) is 17.8 Å². The highest BCUT2D eigenvalue weighted by molar-refractivity contribution is 7.16. The lowest BCUT2D eigenvalue weighted by Gasteiger charge is -2.25. The highest BCUT2D eigenvalue weighted by atomic mass is 32.1. The van der Waals surface area contributed by atoms with Crippen molar-refractivity contribution in [2.75, 3.05) is 5.32 Å². The van der Waals surface area contributed by atoms with Crippen LogP contribution in [0.1, 0.15) is 29.3 Å². The smallest absolute Gasteiger partial charge is 0.255 e. The average Bonchev–Trinajstić information content (AvgIpc) is 3.21. The summed E-state index contributed by atoms with van der Waals surface area (Å²) in [5.74, 6) is -0.245. The standard InChI is InChI=1S/C19H17N3O2S/c1-2-16(22-10-12-5-3-4-6-14(12)19(22)24)18(23)21-13-7-8-17-15(9-13)20-11-25-17/h3-9,11,16H,2,10H2,1H3,(H,21,23). The average molecular weight is 351 g/mol. The van der Waals surface area contributed by atoms with Crippen molar-refractivity contribution in [2.24, 2.45) is 0 Å². The van der Waals surface area contributed by atoms with Crippen molar-refractivity contribution in [1.82, 2.24) is 9.88 Å². The number of nitrogens with zero attached hydrogens (tertiary/aromatic N) is 2. The van der Waals surface area contributed by atoms with Crippen LogP contribution >= 0.6 is 11.3 Å². The predicted molar refractivity (Wildman–Crippen MR) is 98.6 cm³/mol. The van der Waals surface area contributed by atoms with Gasteiger partial charge in [0.05, 0.1) is 15.7 Å². The molecule has 4 rings (SSSR count). The first-order valence-electron chi connectivity index (χ1n) is 8.20. The van der Waals surface area contributed by atoms with E-state index < -0.39 is 6.04 Å². The number of aromatic nitrogens is 1. The van der Waals surface area contributed by atoms with E-state index in [0.29, 0.717) is 24.2 Å². The number of hydrogen-bond acceptors (Lipinski definition) is 4. The molecular formula is C19H17N3O2S. The molecule has 1 atom stereocenters. The number of carbonyl (C=O) groups is 2. The molecule has 1 unspecified atom stereocenters. The minimum atomic E-state index is -0.494. The van der Waals surface area contributed by atoms with Crippen LogP contribution in [0.4, 0.5) is 5.69 Å². The second kappa shape index (κ2) is 6.29. The molecule has 126 valence electrons. The van der Waals surface area contributed by atoms with E-state index in [4.69, 9.17) is 0 Å². The zero-order chi connectivity index (χ0) is 17.4. The summed E-state index contributed by atoms with van der Waals surface area (Å²) in [5.41, 5.74) is 5.01. The van der Waals surface area contributed by atoms with Crippen molar-refractivity contribution in [3.05, 3.63) is 59.1 Å². The minimum absolute atomic E-state index is 0.0763. The number of anilines is 1. The molecule has 0 radical (unpaired) electrons. The maximum Gasteiger partial charge on any atom is 0.255 e. The van der Waals surface area contributed by atoms with Gasteiger partial charge in [-0.15, -0.1) is 11.3 Å². The zero-order valence-electron chi connectivity index (χ0n) is 13.7. The van der Waals surface area contributed by atoms with E-state index in [1.165, 1.54) is 0 Å². The normalized spacial score (nSPS) is 14.6. The Balaban J connectivity index is 1.55. The molecular weight excluding hydrogens is 334 g/mol. The fraction of sp³-hybridized carbons (Fsp3) is 0.211. The summed E-state index contributed by atoms with van der Waals surface area (Å²) in [6.45, 7) is 2.40. The summed E-state index contributed by atoms with van der Waals surface area (Å²) >= 11 is 1.56. The third-order valence-corrected chi connectivity index (χ3v) is 5.32. The topological polar surface area (TPSA) is 62.3 Å². The fourth-order valence-electron chi connectivity index (χ4n) is 3.24. The van der Waals surface area contributed by atoms with Crippen LogP contribution < -0.4 is 5.32 Å². The number of hydrogen-bond donors (Lipinski definition) is 1. The van der Waals surface area contributed by atoms with Gasteiger partial charge in [-0.1, -0.05) is 25.1 Å². The zero-order valence-corrected chi connectivity index (χ0v) is 14.5. The lowest BCUT2D eigenvalue weighted by Crippen LogP contribution is -2.43. The molecule has 0 bridgehead atoms. The number of rotatable bonds is 4. The largest absolute Gasteiger partial charge is 0.324 e. The van der Waals surface area contributed by atoms with Crippen molar-refractivity contribution < 1.29 is 9.59 Å². The molecule has 25 heavy (non-hydrogen) atoms. The summed E-state index contributed by atoms with van der Waals surface area (Å²) in [5, 5.41) is 2.93. The Labute approximate surface area is 149 Å². The van der Waals surface area contributed by atoms with Crippen LogP contribution in [0.5, 0.6) is 0 Å². The van der Waals surface area contributed by atoms with Crippen LogP contribution in [0.25, 0.3) is 10.2 Å². The molecule has 1 aliphatic rings. The highest BCUT2D eigenvalue weighted by Crippen LogP contribution is 2.26. The van der Waals surface area contributed by atoms with E-state index in [-0.39, 0.29) is 11.8 Å². The van der Waals surface area contributed by atoms with Gasteiger partial charge in [-0.3, -0.25) is 9.59 Å². The molecule has 6 heteroatoms. The van der Waals surface area contributed by atoms with Gasteiger partial charge < -0.3 is 10.2 Å². The van der Waals surface area contributed by atoms with Gasteiger partial charge in [0.15, 0.2) is 0 Å². The van der Waals surface area contributed by atoms with Crippen molar-refractivity contribution in [1.29, 1.82) is 0 Å². The first kappa shape index (κ1) is 15.8. The first-order chi connectivity index (χ1) is 12.2. The Morgan fingerprint density at radius 2 is 2.16 bits per heavy atom. The van der Waals surface area contributed by atoms with Gasteiger partial charge in [0.1, 0.15) is 6.04 Å². The van der Waals surface area contributed by atoms with Gasteiger partial charge in [-0.2, -0.15) is 0 Å². The Bertz CT molecular complexity index is 966. The quantitative estimate of drug-likeness (QED) is 0.780. The number of nitrogens with one attached hydrogen (secondary N) is 1. The van der Waals surface area contributed by atoms with Crippen LogP contribution in [0.3, 0.4) is 0 Å². The summed E-state index contributed by atoms with van der Waals surface area (Å²) in [6.07, 6.45) is 0.560. The molecule has 0 aliphatic carbocycles. The monoisotopic (exact) mass is 351 g/mol. The summed E-state index contributed by atoms with van der Waals surface area (Å²) in [6, 6.07) is 12.7. The van der Waals surface area contributed by atoms with Crippen molar-refractivity contribution in [3.8, 4) is 0 Å². The number of thiazole rings is 1. The van der Waals surface area contributed by atoms with Crippen LogP contribution in [0.2, 0.25) is 0 Å². The SMILES string of the molecule is CCC(C(=O)Nc1ccc2scnc2c1)N1Cc2ccccc2C1=O. The van der Waals surface area contributed by atoms with Gasteiger partial charge >= 0.3 is 0 Å². The van der Waals surface area contributed by atoms with Gasteiger partial charge in [0.2, 0.25) is 5.91 Å². The number of fused-ring (bicyclic) bond motifs is 2. The van der Waals surface area contributed by atoms with Crippen LogP contribution in [-0.4, -0.2) is 27.7 Å². The molecule has 2 aromatic carbocycles. The Morgan fingerprint density at radius 3 is 2.96 bits per heavy atom. The van der Waals surface area contributed by atoms with Crippen molar-refractivity contribution >= 4 is 39.1 Å². The third kappa shape index (κ3) is 2.78. The summed E-state index contributed by atoms with van der Waals surface area (Å²) in [7, 11) is 0. The van der Waals surface area contributed by atoms with Crippen LogP contribution in [0.15, 0.2) is 48.0 Å². The van der Waals surface area contributed by atoms with Crippen LogP contribution in [-0.2, 0) is 11.3 Å². The minimum Gasteiger partial charge on any atom is -0.324 e. The van der Waals surface area contributed by atoms with Gasteiger partial charge in [0.25, 0.3) is 5.91 Å². The Hall–Kier alpha value is -2.73. The molecule has 3 aromatic rings. The second-order valence-corrected chi connectivity index (χ2v) is 6.92. The number of amides is 2. The molecule has 2 heterocycles. The maximum absolute atomic E-state index is 12.8. The predicted octanol–water partition coefficient (Wildman–Crippen LogP) is 3.67. The van der Waals surface area contributed by atoms with E-state index >= 15 is 0 Å². The summed E-state index contributed by atoms with van der Waals surface area (Å²) < 4.78 is 1.08. The molecule has 0 saturated carbocycles. The Kier molecular flexibility index (Phi) is 3.97. The van der Waals surface area contributed by atoms with Crippen LogP contribution in [0, 0.1) is 0 Å². The van der Waals surface area contributed by atoms with Gasteiger partial charge in [-0.05, 0) is 36.2 Å². The molecule has 2 amide bonds. The number of benzene rings is 2.